The summed E-state index contributed by atoms with van der Waals surface area (Å²) in [5, 5.41) is 0. The van der Waals surface area contributed by atoms with Crippen LogP contribution in [0.3, 0.4) is 0 Å². The smallest absolute Gasteiger partial charge is 0.313 e. The standard InChI is InChI=1S/C22H23FO4/c1-4-12-25-18-7-5-6-15(13-18)14-26-21(24)19-20(22(19,2)3)27-17-10-8-16(23)9-11-17/h4-11,13,19-20H,1,12,14H2,2-3H3. The Balaban J connectivity index is 1.56. The molecule has 0 amide bonds. The van der Waals surface area contributed by atoms with Crippen LogP contribution in [0.15, 0.2) is 61.2 Å². The first kappa shape index (κ1) is 19.0. The number of rotatable bonds is 8. The van der Waals surface area contributed by atoms with Crippen LogP contribution < -0.4 is 9.47 Å². The Morgan fingerprint density at radius 1 is 1.19 bits per heavy atom. The van der Waals surface area contributed by atoms with E-state index in [4.69, 9.17) is 14.2 Å². The van der Waals surface area contributed by atoms with E-state index in [0.29, 0.717) is 18.1 Å². The Morgan fingerprint density at radius 2 is 1.93 bits per heavy atom. The minimum atomic E-state index is -0.359. The molecule has 0 radical (unpaired) electrons. The van der Waals surface area contributed by atoms with E-state index in [2.05, 4.69) is 6.58 Å². The van der Waals surface area contributed by atoms with Gasteiger partial charge in [-0.05, 0) is 42.0 Å². The third kappa shape index (κ3) is 4.48. The Morgan fingerprint density at radius 3 is 2.63 bits per heavy atom. The van der Waals surface area contributed by atoms with Crippen molar-refractivity contribution in [1.29, 1.82) is 0 Å². The molecule has 1 saturated carbocycles. The molecule has 5 heteroatoms. The summed E-state index contributed by atoms with van der Waals surface area (Å²) in [4.78, 5) is 12.5. The predicted molar refractivity (Wildman–Crippen MR) is 100 cm³/mol. The van der Waals surface area contributed by atoms with Gasteiger partial charge in [0.1, 0.15) is 42.6 Å². The molecule has 0 heterocycles. The van der Waals surface area contributed by atoms with E-state index < -0.39 is 0 Å². The van der Waals surface area contributed by atoms with Gasteiger partial charge in [0.25, 0.3) is 0 Å². The molecule has 1 aliphatic carbocycles. The van der Waals surface area contributed by atoms with E-state index in [0.717, 1.165) is 5.56 Å². The van der Waals surface area contributed by atoms with Crippen molar-refractivity contribution in [3.8, 4) is 11.5 Å². The summed E-state index contributed by atoms with van der Waals surface area (Å²) in [6.45, 7) is 8.11. The fourth-order valence-corrected chi connectivity index (χ4v) is 3.02. The molecule has 0 bridgehead atoms. The molecule has 27 heavy (non-hydrogen) atoms. The van der Waals surface area contributed by atoms with Gasteiger partial charge >= 0.3 is 5.97 Å². The molecule has 2 aromatic rings. The SMILES string of the molecule is C=CCOc1cccc(COC(=O)C2C(Oc3ccc(F)cc3)C2(C)C)c1. The number of ether oxygens (including phenoxy) is 3. The molecule has 1 fully saturated rings. The summed E-state index contributed by atoms with van der Waals surface area (Å²) < 4.78 is 29.8. The predicted octanol–water partition coefficient (Wildman–Crippen LogP) is 4.54. The third-order valence-electron chi connectivity index (χ3n) is 4.71. The number of hydrogen-bond acceptors (Lipinski definition) is 4. The second-order valence-corrected chi connectivity index (χ2v) is 7.15. The maximum Gasteiger partial charge on any atom is 0.313 e. The Kier molecular flexibility index (Phi) is 5.49. The molecule has 1 aliphatic rings. The van der Waals surface area contributed by atoms with Gasteiger partial charge in [0, 0.05) is 5.41 Å². The molecule has 4 nitrogen and oxygen atoms in total. The number of halogens is 1. The minimum absolute atomic E-state index is 0.167. The lowest BCUT2D eigenvalue weighted by Gasteiger charge is -2.08. The highest BCUT2D eigenvalue weighted by Crippen LogP contribution is 2.54. The highest BCUT2D eigenvalue weighted by Gasteiger charge is 2.65. The quantitative estimate of drug-likeness (QED) is 0.506. The fraction of sp³-hybridized carbons (Fsp3) is 0.318. The van der Waals surface area contributed by atoms with Crippen molar-refractivity contribution in [1.82, 2.24) is 0 Å². The Bertz CT molecular complexity index is 813. The molecule has 0 saturated heterocycles. The molecular formula is C22H23FO4. The first-order valence-corrected chi connectivity index (χ1v) is 8.83. The van der Waals surface area contributed by atoms with Crippen molar-refractivity contribution >= 4 is 5.97 Å². The lowest BCUT2D eigenvalue weighted by molar-refractivity contribution is -0.147. The Labute approximate surface area is 158 Å². The van der Waals surface area contributed by atoms with Crippen molar-refractivity contribution in [2.75, 3.05) is 6.61 Å². The topological polar surface area (TPSA) is 44.8 Å². The van der Waals surface area contributed by atoms with Crippen molar-refractivity contribution in [2.45, 2.75) is 26.6 Å². The maximum atomic E-state index is 13.0. The van der Waals surface area contributed by atoms with E-state index in [-0.39, 0.29) is 35.8 Å². The van der Waals surface area contributed by atoms with Crippen LogP contribution in [0, 0.1) is 17.2 Å². The van der Waals surface area contributed by atoms with Gasteiger partial charge in [-0.2, -0.15) is 0 Å². The van der Waals surface area contributed by atoms with E-state index in [1.165, 1.54) is 12.1 Å². The maximum absolute atomic E-state index is 13.0. The van der Waals surface area contributed by atoms with Gasteiger partial charge in [0.05, 0.1) is 0 Å². The molecule has 0 aliphatic heterocycles. The van der Waals surface area contributed by atoms with Crippen LogP contribution >= 0.6 is 0 Å². The van der Waals surface area contributed by atoms with Crippen molar-refractivity contribution in [3.63, 3.8) is 0 Å². The number of carbonyl (C=O) groups is 1. The van der Waals surface area contributed by atoms with Crippen LogP contribution in [0.4, 0.5) is 4.39 Å². The molecule has 3 rings (SSSR count). The molecule has 0 aromatic heterocycles. The lowest BCUT2D eigenvalue weighted by Crippen LogP contribution is -2.12. The van der Waals surface area contributed by atoms with Crippen LogP contribution in [-0.4, -0.2) is 18.7 Å². The fourth-order valence-electron chi connectivity index (χ4n) is 3.02. The van der Waals surface area contributed by atoms with E-state index in [1.54, 1.807) is 18.2 Å². The lowest BCUT2D eigenvalue weighted by atomic mass is 10.1. The molecule has 2 aromatic carbocycles. The Hall–Kier alpha value is -2.82. The van der Waals surface area contributed by atoms with Gasteiger partial charge in [0.2, 0.25) is 0 Å². The van der Waals surface area contributed by atoms with Gasteiger partial charge in [0.15, 0.2) is 0 Å². The summed E-state index contributed by atoms with van der Waals surface area (Å²) in [7, 11) is 0. The number of benzene rings is 2. The highest BCUT2D eigenvalue weighted by molar-refractivity contribution is 5.78. The minimum Gasteiger partial charge on any atom is -0.490 e. The molecule has 142 valence electrons. The zero-order chi connectivity index (χ0) is 19.4. The van der Waals surface area contributed by atoms with Gasteiger partial charge in [-0.3, -0.25) is 4.79 Å². The van der Waals surface area contributed by atoms with Gasteiger partial charge in [-0.1, -0.05) is 38.6 Å². The summed E-state index contributed by atoms with van der Waals surface area (Å²) in [5.74, 6) is 0.254. The molecule has 2 unspecified atom stereocenters. The molecule has 0 N–H and O–H groups in total. The number of carbonyl (C=O) groups excluding carboxylic acids is 1. The zero-order valence-corrected chi connectivity index (χ0v) is 15.5. The van der Waals surface area contributed by atoms with E-state index in [1.807, 2.05) is 38.1 Å². The van der Waals surface area contributed by atoms with Crippen molar-refractivity contribution in [3.05, 3.63) is 72.6 Å². The monoisotopic (exact) mass is 370 g/mol. The van der Waals surface area contributed by atoms with Crippen LogP contribution in [0.2, 0.25) is 0 Å². The highest BCUT2D eigenvalue weighted by atomic mass is 19.1. The summed E-state index contributed by atoms with van der Waals surface area (Å²) in [6, 6.07) is 13.2. The van der Waals surface area contributed by atoms with Crippen LogP contribution in [0.5, 0.6) is 11.5 Å². The summed E-state index contributed by atoms with van der Waals surface area (Å²) in [6.07, 6.45) is 1.38. The first-order chi connectivity index (χ1) is 12.9. The number of esters is 1. The van der Waals surface area contributed by atoms with Crippen LogP contribution in [0.1, 0.15) is 19.4 Å². The average molecular weight is 370 g/mol. The van der Waals surface area contributed by atoms with Crippen molar-refractivity contribution < 1.29 is 23.4 Å². The normalized spacial score (nSPS) is 19.8. The molecular weight excluding hydrogens is 347 g/mol. The third-order valence-corrected chi connectivity index (χ3v) is 4.71. The van der Waals surface area contributed by atoms with Gasteiger partial charge in [-0.25, -0.2) is 4.39 Å². The average Bonchev–Trinajstić information content (AvgIpc) is 3.20. The molecule has 0 spiro atoms. The second kappa shape index (κ2) is 7.82. The van der Waals surface area contributed by atoms with E-state index >= 15 is 0 Å². The number of hydrogen-bond donors (Lipinski definition) is 0. The second-order valence-electron chi connectivity index (χ2n) is 7.15. The largest absolute Gasteiger partial charge is 0.490 e. The van der Waals surface area contributed by atoms with Crippen LogP contribution in [0.25, 0.3) is 0 Å². The van der Waals surface area contributed by atoms with Gasteiger partial charge < -0.3 is 14.2 Å². The summed E-state index contributed by atoms with van der Waals surface area (Å²) >= 11 is 0. The first-order valence-electron chi connectivity index (χ1n) is 8.83. The van der Waals surface area contributed by atoms with Crippen molar-refractivity contribution in [2.24, 2.45) is 11.3 Å². The van der Waals surface area contributed by atoms with E-state index in [9.17, 15) is 9.18 Å². The van der Waals surface area contributed by atoms with Gasteiger partial charge in [-0.15, -0.1) is 0 Å². The zero-order valence-electron chi connectivity index (χ0n) is 15.5. The van der Waals surface area contributed by atoms with Crippen LogP contribution in [-0.2, 0) is 16.1 Å². The molecule has 2 atom stereocenters. The summed E-state index contributed by atoms with van der Waals surface area (Å²) in [5.41, 5.74) is 0.514.